The van der Waals surface area contributed by atoms with Crippen LogP contribution in [0.5, 0.6) is 5.75 Å². The zero-order valence-electron chi connectivity index (χ0n) is 19.7. The Kier molecular flexibility index (Phi) is 6.75. The highest BCUT2D eigenvalue weighted by Crippen LogP contribution is 2.40. The lowest BCUT2D eigenvalue weighted by Gasteiger charge is -2.34. The maximum Gasteiger partial charge on any atom is 0.227 e. The van der Waals surface area contributed by atoms with Crippen LogP contribution in [0.2, 0.25) is 5.02 Å². The summed E-state index contributed by atoms with van der Waals surface area (Å²) in [5, 5.41) is 6.65. The number of benzene rings is 2. The van der Waals surface area contributed by atoms with Gasteiger partial charge in [0.1, 0.15) is 12.4 Å². The number of ether oxygens (including phenoxy) is 1. The van der Waals surface area contributed by atoms with Crippen molar-refractivity contribution in [3.05, 3.63) is 58.7 Å². The normalized spacial score (nSPS) is 16.2. The average molecular weight is 500 g/mol. The molecule has 9 heteroatoms. The standard InChI is InChI=1S/C26H28ClF2N5O/c1-15(2)34-9-10-35-25-22(29)11-17(12-23(25)34)24-20(27)14-31-26(33-24)32-18-3-4-19(21(28)13-18)16-5-7-30-8-6-16/h3-4,11-16,30H,5-10H2,1-2H3,(H,31,32,33). The zero-order valence-corrected chi connectivity index (χ0v) is 20.5. The molecule has 0 amide bonds. The Morgan fingerprint density at radius 3 is 2.69 bits per heavy atom. The molecule has 0 unspecified atom stereocenters. The molecule has 0 atom stereocenters. The van der Waals surface area contributed by atoms with Crippen LogP contribution in [-0.4, -0.2) is 42.3 Å². The fourth-order valence-electron chi connectivity index (χ4n) is 4.80. The molecule has 2 aliphatic heterocycles. The van der Waals surface area contributed by atoms with Crippen molar-refractivity contribution >= 4 is 28.9 Å². The number of nitrogens with zero attached hydrogens (tertiary/aromatic N) is 3. The number of nitrogens with one attached hydrogen (secondary N) is 2. The summed E-state index contributed by atoms with van der Waals surface area (Å²) in [5.41, 5.74) is 2.83. The highest BCUT2D eigenvalue weighted by atomic mass is 35.5. The molecule has 5 rings (SSSR count). The number of aromatic nitrogens is 2. The third kappa shape index (κ3) is 4.90. The molecule has 0 saturated carbocycles. The maximum absolute atomic E-state index is 15.0. The maximum atomic E-state index is 15.0. The molecule has 0 aliphatic carbocycles. The minimum atomic E-state index is -0.470. The summed E-state index contributed by atoms with van der Waals surface area (Å²) < 4.78 is 35.4. The molecule has 2 N–H and O–H groups in total. The van der Waals surface area contributed by atoms with Crippen molar-refractivity contribution in [1.82, 2.24) is 15.3 Å². The predicted octanol–water partition coefficient (Wildman–Crippen LogP) is 5.89. The lowest BCUT2D eigenvalue weighted by atomic mass is 9.90. The smallest absolute Gasteiger partial charge is 0.227 e. The van der Waals surface area contributed by atoms with E-state index in [1.54, 1.807) is 0 Å². The molecule has 35 heavy (non-hydrogen) atoms. The van der Waals surface area contributed by atoms with Gasteiger partial charge in [-0.1, -0.05) is 17.7 Å². The second-order valence-corrected chi connectivity index (χ2v) is 9.62. The lowest BCUT2D eigenvalue weighted by molar-refractivity contribution is 0.287. The average Bonchev–Trinajstić information content (AvgIpc) is 2.85. The molecule has 0 spiro atoms. The molecule has 3 aromatic rings. The lowest BCUT2D eigenvalue weighted by Crippen LogP contribution is -2.38. The second kappa shape index (κ2) is 9.95. The number of rotatable bonds is 5. The predicted molar refractivity (Wildman–Crippen MR) is 135 cm³/mol. The first kappa shape index (κ1) is 23.8. The van der Waals surface area contributed by atoms with Crippen LogP contribution in [0.25, 0.3) is 11.3 Å². The number of anilines is 3. The van der Waals surface area contributed by atoms with Crippen LogP contribution < -0.4 is 20.3 Å². The first-order valence-electron chi connectivity index (χ1n) is 11.9. The molecule has 2 aromatic carbocycles. The van der Waals surface area contributed by atoms with Gasteiger partial charge < -0.3 is 20.3 Å². The number of piperidine rings is 1. The monoisotopic (exact) mass is 499 g/mol. The van der Waals surface area contributed by atoms with Gasteiger partial charge in [0.25, 0.3) is 0 Å². The number of halogens is 3. The Morgan fingerprint density at radius 1 is 1.14 bits per heavy atom. The van der Waals surface area contributed by atoms with Gasteiger partial charge in [-0.05, 0) is 75.5 Å². The van der Waals surface area contributed by atoms with E-state index in [1.807, 2.05) is 18.2 Å². The highest BCUT2D eigenvalue weighted by Gasteiger charge is 2.25. The second-order valence-electron chi connectivity index (χ2n) is 9.22. The van der Waals surface area contributed by atoms with Crippen LogP contribution in [0, 0.1) is 11.6 Å². The summed E-state index contributed by atoms with van der Waals surface area (Å²) in [6.07, 6.45) is 3.30. The Labute approximate surface area is 208 Å². The van der Waals surface area contributed by atoms with E-state index in [1.165, 1.54) is 18.3 Å². The van der Waals surface area contributed by atoms with Crippen molar-refractivity contribution in [2.45, 2.75) is 38.6 Å². The number of fused-ring (bicyclic) bond motifs is 1. The van der Waals surface area contributed by atoms with Gasteiger partial charge >= 0.3 is 0 Å². The Bertz CT molecular complexity index is 1230. The van der Waals surface area contributed by atoms with Gasteiger partial charge in [0.15, 0.2) is 11.6 Å². The van der Waals surface area contributed by atoms with Gasteiger partial charge in [-0.25, -0.2) is 18.7 Å². The Morgan fingerprint density at radius 2 is 1.94 bits per heavy atom. The van der Waals surface area contributed by atoms with E-state index in [9.17, 15) is 8.78 Å². The van der Waals surface area contributed by atoms with Crippen molar-refractivity contribution < 1.29 is 13.5 Å². The summed E-state index contributed by atoms with van der Waals surface area (Å²) >= 11 is 6.42. The molecule has 184 valence electrons. The summed E-state index contributed by atoms with van der Waals surface area (Å²) in [7, 11) is 0. The van der Waals surface area contributed by atoms with Crippen molar-refractivity contribution in [2.24, 2.45) is 0 Å². The Hall–Kier alpha value is -2.97. The minimum Gasteiger partial charge on any atom is -0.486 e. The fourth-order valence-corrected chi connectivity index (χ4v) is 5.00. The van der Waals surface area contributed by atoms with Gasteiger partial charge in [-0.3, -0.25) is 0 Å². The summed E-state index contributed by atoms with van der Waals surface area (Å²) in [6.45, 7) is 6.99. The largest absolute Gasteiger partial charge is 0.486 e. The molecule has 1 saturated heterocycles. The van der Waals surface area contributed by atoms with Crippen LogP contribution in [-0.2, 0) is 0 Å². The van der Waals surface area contributed by atoms with E-state index in [2.05, 4.69) is 39.3 Å². The van der Waals surface area contributed by atoms with E-state index in [0.29, 0.717) is 35.8 Å². The summed E-state index contributed by atoms with van der Waals surface area (Å²) in [5.74, 6) is -0.0174. The minimum absolute atomic E-state index is 0.174. The van der Waals surface area contributed by atoms with Crippen LogP contribution >= 0.6 is 11.6 Å². The third-order valence-electron chi connectivity index (χ3n) is 6.59. The third-order valence-corrected chi connectivity index (χ3v) is 6.87. The van der Waals surface area contributed by atoms with Gasteiger partial charge in [-0.15, -0.1) is 0 Å². The molecule has 1 fully saturated rings. The number of hydrogen-bond donors (Lipinski definition) is 2. The summed E-state index contributed by atoms with van der Waals surface area (Å²) in [4.78, 5) is 10.9. The molecule has 1 aromatic heterocycles. The van der Waals surface area contributed by atoms with Crippen LogP contribution in [0.1, 0.15) is 38.2 Å². The fraction of sp³-hybridized carbons (Fsp3) is 0.385. The molecule has 0 bridgehead atoms. The van der Waals surface area contributed by atoms with Crippen LogP contribution in [0.4, 0.5) is 26.1 Å². The van der Waals surface area contributed by atoms with Gasteiger partial charge in [-0.2, -0.15) is 0 Å². The van der Waals surface area contributed by atoms with Gasteiger partial charge in [0, 0.05) is 17.3 Å². The van der Waals surface area contributed by atoms with E-state index in [4.69, 9.17) is 16.3 Å². The molecular weight excluding hydrogens is 472 g/mol. The molecule has 3 heterocycles. The zero-order chi connectivity index (χ0) is 24.5. The van der Waals surface area contributed by atoms with Crippen molar-refractivity contribution in [3.63, 3.8) is 0 Å². The SMILES string of the molecule is CC(C)N1CCOc2c(F)cc(-c3nc(Nc4ccc(C5CCNCC5)c(F)c4)ncc3Cl)cc21. The first-order chi connectivity index (χ1) is 16.9. The van der Waals surface area contributed by atoms with E-state index in [0.717, 1.165) is 31.5 Å². The molecule has 2 aliphatic rings. The molecule has 0 radical (unpaired) electrons. The van der Waals surface area contributed by atoms with Crippen LogP contribution in [0.3, 0.4) is 0 Å². The quantitative estimate of drug-likeness (QED) is 0.456. The number of hydrogen-bond acceptors (Lipinski definition) is 6. The van der Waals surface area contributed by atoms with E-state index in [-0.39, 0.29) is 34.5 Å². The van der Waals surface area contributed by atoms with E-state index >= 15 is 0 Å². The van der Waals surface area contributed by atoms with Crippen molar-refractivity contribution in [1.29, 1.82) is 0 Å². The summed E-state index contributed by atoms with van der Waals surface area (Å²) in [6, 6.07) is 8.49. The topological polar surface area (TPSA) is 62.3 Å². The first-order valence-corrected chi connectivity index (χ1v) is 12.3. The molecular formula is C26H28ClF2N5O. The van der Waals surface area contributed by atoms with E-state index < -0.39 is 5.82 Å². The van der Waals surface area contributed by atoms with Crippen molar-refractivity contribution in [3.8, 4) is 17.0 Å². The van der Waals surface area contributed by atoms with Crippen LogP contribution in [0.15, 0.2) is 36.5 Å². The van der Waals surface area contributed by atoms with Crippen molar-refractivity contribution in [2.75, 3.05) is 36.5 Å². The highest BCUT2D eigenvalue weighted by molar-refractivity contribution is 6.33. The Balaban J connectivity index is 1.43. The van der Waals surface area contributed by atoms with Gasteiger partial charge in [0.2, 0.25) is 5.95 Å². The molecule has 6 nitrogen and oxygen atoms in total. The van der Waals surface area contributed by atoms with Gasteiger partial charge in [0.05, 0.1) is 29.1 Å².